The highest BCUT2D eigenvalue weighted by Crippen LogP contribution is 2.30. The van der Waals surface area contributed by atoms with E-state index in [4.69, 9.17) is 15.2 Å². The molecule has 1 aromatic heterocycles. The number of nitrogens with one attached hydrogen (secondary N) is 1. The van der Waals surface area contributed by atoms with E-state index in [1.165, 1.54) is 11.8 Å². The third-order valence-corrected chi connectivity index (χ3v) is 6.53. The number of para-hydroxylation sites is 3. The average Bonchev–Trinajstić information content (AvgIpc) is 2.87. The maximum Gasteiger partial charge on any atom is 0.262 e. The van der Waals surface area contributed by atoms with E-state index < -0.39 is 0 Å². The maximum absolute atomic E-state index is 13.1. The number of benzene rings is 2. The van der Waals surface area contributed by atoms with Crippen LogP contribution in [0.5, 0.6) is 11.5 Å². The van der Waals surface area contributed by atoms with Gasteiger partial charge in [0.2, 0.25) is 11.8 Å². The Bertz CT molecular complexity index is 1260. The monoisotopic (exact) mass is 496 g/mol. The van der Waals surface area contributed by atoms with Crippen LogP contribution in [0.2, 0.25) is 0 Å². The van der Waals surface area contributed by atoms with E-state index >= 15 is 0 Å². The molecule has 0 saturated carbocycles. The smallest absolute Gasteiger partial charge is 0.262 e. The highest BCUT2D eigenvalue weighted by molar-refractivity contribution is 7.99. The van der Waals surface area contributed by atoms with Gasteiger partial charge in [-0.3, -0.25) is 19.0 Å². The van der Waals surface area contributed by atoms with Gasteiger partial charge in [0, 0.05) is 13.0 Å². The van der Waals surface area contributed by atoms with E-state index in [0.717, 1.165) is 6.42 Å². The third kappa shape index (κ3) is 6.54. The molecular formula is C25H28N4O5S. The van der Waals surface area contributed by atoms with E-state index in [1.807, 2.05) is 30.3 Å². The van der Waals surface area contributed by atoms with Crippen LogP contribution in [0.3, 0.4) is 0 Å². The van der Waals surface area contributed by atoms with Crippen molar-refractivity contribution in [2.45, 2.75) is 43.5 Å². The lowest BCUT2D eigenvalue weighted by atomic mass is 10.2. The lowest BCUT2D eigenvalue weighted by Crippen LogP contribution is -2.41. The number of unbranched alkanes of at least 4 members (excludes halogenated alkanes) is 2. The van der Waals surface area contributed by atoms with Crippen molar-refractivity contribution in [3.63, 3.8) is 0 Å². The van der Waals surface area contributed by atoms with Crippen LogP contribution in [0.4, 0.5) is 0 Å². The Morgan fingerprint density at radius 3 is 2.69 bits per heavy atom. The van der Waals surface area contributed by atoms with Gasteiger partial charge in [0.15, 0.2) is 16.7 Å². The molecular weight excluding hydrogens is 468 g/mol. The van der Waals surface area contributed by atoms with Gasteiger partial charge in [-0.15, -0.1) is 0 Å². The summed E-state index contributed by atoms with van der Waals surface area (Å²) >= 11 is 1.22. The van der Waals surface area contributed by atoms with Crippen molar-refractivity contribution in [1.82, 2.24) is 14.9 Å². The Kier molecular flexibility index (Phi) is 8.25. The van der Waals surface area contributed by atoms with E-state index in [9.17, 15) is 14.4 Å². The quantitative estimate of drug-likeness (QED) is 0.237. The predicted octanol–water partition coefficient (Wildman–Crippen LogP) is 2.49. The molecule has 3 aromatic rings. The summed E-state index contributed by atoms with van der Waals surface area (Å²) in [7, 11) is 0. The minimum atomic E-state index is -0.328. The Morgan fingerprint density at radius 2 is 1.86 bits per heavy atom. The first kappa shape index (κ1) is 24.6. The second-order valence-electron chi connectivity index (χ2n) is 8.24. The zero-order chi connectivity index (χ0) is 24.6. The lowest BCUT2D eigenvalue weighted by Gasteiger charge is -2.26. The number of fused-ring (bicyclic) bond motifs is 2. The first-order valence-corrected chi connectivity index (χ1v) is 12.6. The SMILES string of the molecule is NC(=O)CCCCCn1c(SCC(=O)NCC2COc3ccccc3O2)nc2ccccc2c1=O. The highest BCUT2D eigenvalue weighted by Gasteiger charge is 2.21. The van der Waals surface area contributed by atoms with Gasteiger partial charge in [-0.1, -0.05) is 42.4 Å². The maximum atomic E-state index is 13.1. The molecule has 1 aliphatic heterocycles. The summed E-state index contributed by atoms with van der Waals surface area (Å²) in [6, 6.07) is 14.6. The number of nitrogens with two attached hydrogens (primary N) is 1. The van der Waals surface area contributed by atoms with Crippen LogP contribution >= 0.6 is 11.8 Å². The van der Waals surface area contributed by atoms with Crippen molar-refractivity contribution in [1.29, 1.82) is 0 Å². The summed E-state index contributed by atoms with van der Waals surface area (Å²) in [5.41, 5.74) is 5.65. The molecule has 3 N–H and O–H groups in total. The number of nitrogens with zero attached hydrogens (tertiary/aromatic N) is 2. The minimum Gasteiger partial charge on any atom is -0.486 e. The Balaban J connectivity index is 1.36. The van der Waals surface area contributed by atoms with E-state index in [0.29, 0.717) is 66.5 Å². The van der Waals surface area contributed by atoms with E-state index in [1.54, 1.807) is 22.8 Å². The molecule has 1 unspecified atom stereocenters. The van der Waals surface area contributed by atoms with Crippen LogP contribution in [-0.2, 0) is 16.1 Å². The van der Waals surface area contributed by atoms with Crippen LogP contribution in [0.1, 0.15) is 25.7 Å². The molecule has 9 nitrogen and oxygen atoms in total. The highest BCUT2D eigenvalue weighted by atomic mass is 32.2. The molecule has 1 aliphatic rings. The molecule has 0 fully saturated rings. The first-order valence-electron chi connectivity index (χ1n) is 11.6. The number of hydrogen-bond acceptors (Lipinski definition) is 7. The van der Waals surface area contributed by atoms with Crippen molar-refractivity contribution in [2.75, 3.05) is 18.9 Å². The second kappa shape index (κ2) is 11.7. The van der Waals surface area contributed by atoms with Crippen molar-refractivity contribution >= 4 is 34.5 Å². The Morgan fingerprint density at radius 1 is 1.09 bits per heavy atom. The largest absolute Gasteiger partial charge is 0.486 e. The van der Waals surface area contributed by atoms with Gasteiger partial charge in [0.25, 0.3) is 5.56 Å². The normalized spacial score (nSPS) is 14.6. The number of primary amides is 1. The van der Waals surface area contributed by atoms with Crippen molar-refractivity contribution in [2.24, 2.45) is 5.73 Å². The van der Waals surface area contributed by atoms with Gasteiger partial charge in [-0.25, -0.2) is 4.98 Å². The van der Waals surface area contributed by atoms with Gasteiger partial charge in [-0.2, -0.15) is 0 Å². The molecule has 35 heavy (non-hydrogen) atoms. The molecule has 0 bridgehead atoms. The first-order chi connectivity index (χ1) is 17.0. The Labute approximate surface area is 207 Å². The zero-order valence-corrected chi connectivity index (χ0v) is 20.1. The number of carbonyl (C=O) groups is 2. The fourth-order valence-corrected chi connectivity index (χ4v) is 4.63. The lowest BCUT2D eigenvalue weighted by molar-refractivity contribution is -0.119. The van der Waals surface area contributed by atoms with Crippen LogP contribution < -0.4 is 26.1 Å². The Hall–Kier alpha value is -3.53. The van der Waals surface area contributed by atoms with Crippen LogP contribution in [-0.4, -0.2) is 46.4 Å². The molecule has 2 amide bonds. The summed E-state index contributed by atoms with van der Waals surface area (Å²) in [5, 5.41) is 3.90. The third-order valence-electron chi connectivity index (χ3n) is 5.56. The molecule has 0 saturated heterocycles. The van der Waals surface area contributed by atoms with Gasteiger partial charge < -0.3 is 20.5 Å². The molecule has 4 rings (SSSR count). The molecule has 0 aliphatic carbocycles. The topological polar surface area (TPSA) is 126 Å². The molecule has 10 heteroatoms. The summed E-state index contributed by atoms with van der Waals surface area (Å²) < 4.78 is 13.2. The number of hydrogen-bond donors (Lipinski definition) is 2. The van der Waals surface area contributed by atoms with Gasteiger partial charge in [0.05, 0.1) is 23.2 Å². The second-order valence-corrected chi connectivity index (χ2v) is 9.18. The summed E-state index contributed by atoms with van der Waals surface area (Å²) in [6.07, 6.45) is 2.19. The van der Waals surface area contributed by atoms with Crippen LogP contribution in [0.15, 0.2) is 58.5 Å². The van der Waals surface area contributed by atoms with Crippen molar-refractivity contribution in [3.05, 3.63) is 58.9 Å². The van der Waals surface area contributed by atoms with Crippen molar-refractivity contribution < 1.29 is 19.1 Å². The number of ether oxygens (including phenoxy) is 2. The number of aromatic nitrogens is 2. The van der Waals surface area contributed by atoms with Crippen LogP contribution in [0.25, 0.3) is 10.9 Å². The molecule has 0 radical (unpaired) electrons. The van der Waals surface area contributed by atoms with Gasteiger partial charge >= 0.3 is 0 Å². The fraction of sp³-hybridized carbons (Fsp3) is 0.360. The minimum absolute atomic E-state index is 0.108. The predicted molar refractivity (Wildman–Crippen MR) is 134 cm³/mol. The van der Waals surface area contributed by atoms with Gasteiger partial charge in [-0.05, 0) is 37.1 Å². The van der Waals surface area contributed by atoms with E-state index in [2.05, 4.69) is 10.3 Å². The number of rotatable bonds is 11. The number of thioether (sulfide) groups is 1. The van der Waals surface area contributed by atoms with Crippen molar-refractivity contribution in [3.8, 4) is 11.5 Å². The molecule has 2 heterocycles. The molecule has 1 atom stereocenters. The molecule has 2 aromatic carbocycles. The zero-order valence-electron chi connectivity index (χ0n) is 19.3. The standard InChI is InChI=1S/C25H28N4O5S/c26-22(30)12-2-1-7-13-29-24(32)18-8-3-4-9-19(18)28-25(29)35-16-23(31)27-14-17-15-33-20-10-5-6-11-21(20)34-17/h3-6,8-11,17H,1-2,7,12-16H2,(H2,26,30)(H,27,31). The molecule has 184 valence electrons. The number of carbonyl (C=O) groups excluding carboxylic acids is 2. The fourth-order valence-electron chi connectivity index (χ4n) is 3.77. The average molecular weight is 497 g/mol. The van der Waals surface area contributed by atoms with Gasteiger partial charge in [0.1, 0.15) is 12.7 Å². The summed E-state index contributed by atoms with van der Waals surface area (Å²) in [4.78, 5) is 41.2. The molecule has 0 spiro atoms. The van der Waals surface area contributed by atoms with Crippen LogP contribution in [0, 0.1) is 0 Å². The number of amides is 2. The van der Waals surface area contributed by atoms with E-state index in [-0.39, 0.29) is 29.2 Å². The summed E-state index contributed by atoms with van der Waals surface area (Å²) in [6.45, 7) is 1.11. The summed E-state index contributed by atoms with van der Waals surface area (Å²) in [5.74, 6) is 0.948.